The zero-order chi connectivity index (χ0) is 12.6. The van der Waals surface area contributed by atoms with Gasteiger partial charge in [0.2, 0.25) is 5.78 Å². The minimum Gasteiger partial charge on any atom is -0.290 e. The Kier molecular flexibility index (Phi) is 4.05. The Morgan fingerprint density at radius 3 is 2.06 bits per heavy atom. The van der Waals surface area contributed by atoms with Crippen LogP contribution < -0.4 is 0 Å². The predicted molar refractivity (Wildman–Crippen MR) is 67.8 cm³/mol. The summed E-state index contributed by atoms with van der Waals surface area (Å²) in [6.45, 7) is 0. The number of halogens is 3. The topological polar surface area (TPSA) is 51.2 Å². The number of alkyl halides is 2. The average Bonchev–Trinajstić information content (AvgIpc) is 2.16. The van der Waals surface area contributed by atoms with Crippen molar-refractivity contribution >= 4 is 54.8 Å². The lowest BCUT2D eigenvalue weighted by Crippen LogP contribution is -2.34. The van der Waals surface area contributed by atoms with Crippen LogP contribution in [0.25, 0.3) is 0 Å². The summed E-state index contributed by atoms with van der Waals surface area (Å²) in [5, 5.41) is 0. The molecule has 3 nitrogen and oxygen atoms in total. The molecule has 0 aromatic heterocycles. The molecule has 7 heteroatoms. The van der Waals surface area contributed by atoms with Gasteiger partial charge in [0.15, 0.2) is 9.84 Å². The summed E-state index contributed by atoms with van der Waals surface area (Å²) in [6.07, 6.45) is 0.809. The number of hydrogen-bond acceptors (Lipinski definition) is 3. The zero-order valence-corrected chi connectivity index (χ0v) is 12.0. The number of sulfone groups is 1. The van der Waals surface area contributed by atoms with Crippen molar-refractivity contribution in [2.24, 2.45) is 0 Å². The first kappa shape index (κ1) is 14.0. The van der Waals surface area contributed by atoms with Gasteiger partial charge in [-0.3, -0.25) is 4.79 Å². The number of rotatable bonds is 3. The van der Waals surface area contributed by atoms with Crippen molar-refractivity contribution in [3.8, 4) is 0 Å². The van der Waals surface area contributed by atoms with Crippen molar-refractivity contribution < 1.29 is 13.2 Å². The third-order valence-electron chi connectivity index (χ3n) is 1.84. The lowest BCUT2D eigenvalue weighted by atomic mass is 10.1. The van der Waals surface area contributed by atoms with E-state index in [0.29, 0.717) is 0 Å². The molecular formula is C9H7BrCl2O3S. The third kappa shape index (κ3) is 2.77. The zero-order valence-electron chi connectivity index (χ0n) is 8.08. The average molecular weight is 346 g/mol. The van der Waals surface area contributed by atoms with Crippen LogP contribution in [0.5, 0.6) is 0 Å². The Hall–Kier alpha value is -0.100. The Bertz CT molecular complexity index is 508. The molecule has 88 valence electrons. The summed E-state index contributed by atoms with van der Waals surface area (Å²) >= 11 is 14.3. The molecule has 0 spiro atoms. The van der Waals surface area contributed by atoms with Gasteiger partial charge in [-0.1, -0.05) is 51.3 Å². The second-order valence-electron chi connectivity index (χ2n) is 3.12. The summed E-state index contributed by atoms with van der Waals surface area (Å²) < 4.78 is 20.8. The lowest BCUT2D eigenvalue weighted by Gasteiger charge is -2.15. The number of hydrogen-bond donors (Lipinski definition) is 0. The first-order valence-corrected chi connectivity index (χ1v) is 7.48. The first-order chi connectivity index (χ1) is 7.16. The molecule has 0 unspecified atom stereocenters. The fourth-order valence-corrected chi connectivity index (χ4v) is 1.87. The molecule has 0 aliphatic heterocycles. The van der Waals surface area contributed by atoms with Crippen LogP contribution in [0.1, 0.15) is 10.4 Å². The first-order valence-electron chi connectivity index (χ1n) is 4.04. The van der Waals surface area contributed by atoms with Crippen molar-refractivity contribution in [1.29, 1.82) is 0 Å². The van der Waals surface area contributed by atoms with E-state index in [9.17, 15) is 13.2 Å². The van der Waals surface area contributed by atoms with Crippen molar-refractivity contribution in [3.05, 3.63) is 34.3 Å². The maximum atomic E-state index is 11.8. The monoisotopic (exact) mass is 344 g/mol. The van der Waals surface area contributed by atoms with E-state index in [4.69, 9.17) is 23.2 Å². The van der Waals surface area contributed by atoms with Crippen molar-refractivity contribution in [3.63, 3.8) is 0 Å². The summed E-state index contributed by atoms with van der Waals surface area (Å²) in [4.78, 5) is 11.8. The molecular weight excluding hydrogens is 339 g/mol. The highest BCUT2D eigenvalue weighted by atomic mass is 79.9. The van der Waals surface area contributed by atoms with E-state index in [2.05, 4.69) is 15.9 Å². The van der Waals surface area contributed by atoms with E-state index in [0.717, 1.165) is 10.7 Å². The Morgan fingerprint density at radius 2 is 1.69 bits per heavy atom. The highest BCUT2D eigenvalue weighted by molar-refractivity contribution is 9.10. The van der Waals surface area contributed by atoms with E-state index in [1.165, 1.54) is 12.1 Å². The van der Waals surface area contributed by atoms with Gasteiger partial charge in [-0.25, -0.2) is 8.42 Å². The van der Waals surface area contributed by atoms with Gasteiger partial charge in [0.25, 0.3) is 3.67 Å². The van der Waals surface area contributed by atoms with Gasteiger partial charge >= 0.3 is 0 Å². The maximum absolute atomic E-state index is 11.8. The summed E-state index contributed by atoms with van der Waals surface area (Å²) in [5.41, 5.74) is 0.138. The summed E-state index contributed by atoms with van der Waals surface area (Å²) in [6, 6.07) is 6.08. The smallest absolute Gasteiger partial charge is 0.280 e. The quantitative estimate of drug-likeness (QED) is 0.625. The molecule has 0 heterocycles. The van der Waals surface area contributed by atoms with Gasteiger partial charge in [0.1, 0.15) is 0 Å². The number of carbonyl (C=O) groups is 1. The second kappa shape index (κ2) is 4.64. The molecule has 0 fully saturated rings. The molecule has 0 saturated carbocycles. The third-order valence-corrected chi connectivity index (χ3v) is 5.51. The minimum absolute atomic E-state index is 0.138. The van der Waals surface area contributed by atoms with Crippen LogP contribution in [-0.4, -0.2) is 24.1 Å². The standard InChI is InChI=1S/C9H7BrCl2O3S/c1-16(14,15)9(11,12)8(13)6-2-4-7(10)5-3-6/h2-5H,1H3. The largest absolute Gasteiger partial charge is 0.290 e. The molecule has 1 aromatic carbocycles. The number of carbonyl (C=O) groups excluding carboxylic acids is 1. The van der Waals surface area contributed by atoms with Gasteiger partial charge in [-0.15, -0.1) is 0 Å². The molecule has 0 atom stereocenters. The Morgan fingerprint density at radius 1 is 1.25 bits per heavy atom. The normalized spacial score (nSPS) is 12.5. The molecule has 0 N–H and O–H groups in total. The highest BCUT2D eigenvalue weighted by Crippen LogP contribution is 2.31. The van der Waals surface area contributed by atoms with E-state index >= 15 is 0 Å². The lowest BCUT2D eigenvalue weighted by molar-refractivity contribution is 0.0996. The summed E-state index contributed by atoms with van der Waals surface area (Å²) in [5.74, 6) is -0.856. The molecule has 0 bridgehead atoms. The molecule has 16 heavy (non-hydrogen) atoms. The van der Waals surface area contributed by atoms with Crippen molar-refractivity contribution in [2.75, 3.05) is 6.26 Å². The fourth-order valence-electron chi connectivity index (χ4n) is 0.938. The minimum atomic E-state index is -3.89. The van der Waals surface area contributed by atoms with Gasteiger partial charge in [0, 0.05) is 16.3 Å². The van der Waals surface area contributed by atoms with Crippen LogP contribution in [0.2, 0.25) is 0 Å². The van der Waals surface area contributed by atoms with Crippen molar-refractivity contribution in [2.45, 2.75) is 3.67 Å². The van der Waals surface area contributed by atoms with Crippen molar-refractivity contribution in [1.82, 2.24) is 0 Å². The maximum Gasteiger partial charge on any atom is 0.280 e. The SMILES string of the molecule is CS(=O)(=O)C(Cl)(Cl)C(=O)c1ccc(Br)cc1. The van der Waals surface area contributed by atoms with Crippen LogP contribution in [0, 0.1) is 0 Å². The van der Waals surface area contributed by atoms with Crippen LogP contribution in [0.4, 0.5) is 0 Å². The van der Waals surface area contributed by atoms with Crippen LogP contribution in [0.15, 0.2) is 28.7 Å². The molecule has 0 saturated heterocycles. The van der Waals surface area contributed by atoms with Crippen LogP contribution in [-0.2, 0) is 9.84 Å². The molecule has 0 radical (unpaired) electrons. The predicted octanol–water partition coefficient (Wildman–Crippen LogP) is 2.81. The van der Waals surface area contributed by atoms with E-state index in [-0.39, 0.29) is 5.56 Å². The van der Waals surface area contributed by atoms with E-state index < -0.39 is 19.3 Å². The fraction of sp³-hybridized carbons (Fsp3) is 0.222. The van der Waals surface area contributed by atoms with E-state index in [1.54, 1.807) is 12.1 Å². The second-order valence-corrected chi connectivity index (χ2v) is 7.97. The van der Waals surface area contributed by atoms with Gasteiger partial charge in [0.05, 0.1) is 0 Å². The Balaban J connectivity index is 3.18. The summed E-state index contributed by atoms with van der Waals surface area (Å²) in [7, 11) is -3.89. The number of ketones is 1. The number of Topliss-reactive ketones (excluding diaryl/α,β-unsaturated/α-hetero) is 1. The Labute approximate surface area is 112 Å². The molecule has 0 aliphatic rings. The van der Waals surface area contributed by atoms with Gasteiger partial charge in [-0.2, -0.15) is 0 Å². The molecule has 1 rings (SSSR count). The van der Waals surface area contributed by atoms with E-state index in [1.807, 2.05) is 0 Å². The van der Waals surface area contributed by atoms with Gasteiger partial charge < -0.3 is 0 Å². The van der Waals surface area contributed by atoms with Crippen LogP contribution in [0.3, 0.4) is 0 Å². The van der Waals surface area contributed by atoms with Crippen LogP contribution >= 0.6 is 39.1 Å². The van der Waals surface area contributed by atoms with Gasteiger partial charge in [-0.05, 0) is 12.1 Å². The molecule has 0 amide bonds. The molecule has 0 aliphatic carbocycles. The highest BCUT2D eigenvalue weighted by Gasteiger charge is 2.44. The number of benzene rings is 1. The molecule has 1 aromatic rings.